The quantitative estimate of drug-likeness (QED) is 0.643. The standard InChI is InChI=1S/C20H21N3O2S/c1-11-9-13(3)14(10-12(11)2)17(24)18-19(21)23-20(26-18)22-15-7-5-6-8-16(15)25-4/h5-10H,21H2,1-4H3,(H,22,23). The number of para-hydroxylation sites is 2. The van der Waals surface area contributed by atoms with Crippen molar-refractivity contribution in [2.75, 3.05) is 18.2 Å². The van der Waals surface area contributed by atoms with Crippen LogP contribution in [-0.2, 0) is 0 Å². The van der Waals surface area contributed by atoms with Gasteiger partial charge in [-0.05, 0) is 55.7 Å². The van der Waals surface area contributed by atoms with Crippen molar-refractivity contribution < 1.29 is 9.53 Å². The number of carbonyl (C=O) groups excluding carboxylic acids is 1. The number of nitrogens with one attached hydrogen (secondary N) is 1. The highest BCUT2D eigenvalue weighted by Gasteiger charge is 2.20. The molecule has 0 saturated heterocycles. The molecule has 134 valence electrons. The maximum Gasteiger partial charge on any atom is 0.207 e. The number of ether oxygens (including phenoxy) is 1. The molecule has 3 N–H and O–H groups in total. The fourth-order valence-corrected chi connectivity index (χ4v) is 3.59. The first kappa shape index (κ1) is 17.9. The lowest BCUT2D eigenvalue weighted by Gasteiger charge is -2.08. The molecule has 0 aliphatic heterocycles. The molecule has 0 unspecified atom stereocenters. The van der Waals surface area contributed by atoms with Crippen LogP contribution in [0.3, 0.4) is 0 Å². The molecule has 0 spiro atoms. The van der Waals surface area contributed by atoms with Gasteiger partial charge in [0.05, 0.1) is 12.8 Å². The molecule has 0 amide bonds. The Labute approximate surface area is 156 Å². The SMILES string of the molecule is COc1ccccc1Nc1nc(N)c(C(=O)c2cc(C)c(C)cc2C)s1. The van der Waals surface area contributed by atoms with Gasteiger partial charge in [0.15, 0.2) is 5.13 Å². The van der Waals surface area contributed by atoms with Crippen LogP contribution in [0, 0.1) is 20.8 Å². The molecule has 3 aromatic rings. The second kappa shape index (κ2) is 7.17. The Morgan fingerprint density at radius 1 is 1.12 bits per heavy atom. The number of carbonyl (C=O) groups is 1. The van der Waals surface area contributed by atoms with Crippen molar-refractivity contribution in [2.24, 2.45) is 0 Å². The summed E-state index contributed by atoms with van der Waals surface area (Å²) >= 11 is 1.24. The molecule has 2 aromatic carbocycles. The predicted octanol–water partition coefficient (Wildman–Crippen LogP) is 4.63. The van der Waals surface area contributed by atoms with Crippen LogP contribution in [0.5, 0.6) is 5.75 Å². The van der Waals surface area contributed by atoms with Gasteiger partial charge in [0, 0.05) is 5.56 Å². The maximum atomic E-state index is 13.0. The third kappa shape index (κ3) is 3.41. The van der Waals surface area contributed by atoms with E-state index >= 15 is 0 Å². The Morgan fingerprint density at radius 2 is 1.81 bits per heavy atom. The average Bonchev–Trinajstić information content (AvgIpc) is 2.98. The maximum absolute atomic E-state index is 13.0. The van der Waals surface area contributed by atoms with E-state index in [1.54, 1.807) is 7.11 Å². The summed E-state index contributed by atoms with van der Waals surface area (Å²) < 4.78 is 5.33. The molecule has 0 aliphatic rings. The molecular formula is C20H21N3O2S. The summed E-state index contributed by atoms with van der Waals surface area (Å²) in [6.45, 7) is 5.97. The minimum Gasteiger partial charge on any atom is -0.495 e. The highest BCUT2D eigenvalue weighted by atomic mass is 32.1. The van der Waals surface area contributed by atoms with Gasteiger partial charge >= 0.3 is 0 Å². The predicted molar refractivity (Wildman–Crippen MR) is 107 cm³/mol. The summed E-state index contributed by atoms with van der Waals surface area (Å²) in [6, 6.07) is 11.5. The number of benzene rings is 2. The number of hydrogen-bond donors (Lipinski definition) is 2. The molecule has 1 aromatic heterocycles. The summed E-state index contributed by atoms with van der Waals surface area (Å²) in [4.78, 5) is 17.7. The first-order chi connectivity index (χ1) is 12.4. The zero-order valence-corrected chi connectivity index (χ0v) is 16.0. The summed E-state index contributed by atoms with van der Waals surface area (Å²) in [7, 11) is 1.61. The Bertz CT molecular complexity index is 979. The molecule has 3 rings (SSSR count). The van der Waals surface area contributed by atoms with Crippen LogP contribution in [-0.4, -0.2) is 17.9 Å². The number of methoxy groups -OCH3 is 1. The topological polar surface area (TPSA) is 77.2 Å². The number of aromatic nitrogens is 1. The van der Waals surface area contributed by atoms with Crippen molar-refractivity contribution in [3.63, 3.8) is 0 Å². The highest BCUT2D eigenvalue weighted by Crippen LogP contribution is 2.33. The lowest BCUT2D eigenvalue weighted by Crippen LogP contribution is -2.05. The van der Waals surface area contributed by atoms with Gasteiger partial charge < -0.3 is 15.8 Å². The average molecular weight is 367 g/mol. The second-order valence-electron chi connectivity index (χ2n) is 6.14. The number of aryl methyl sites for hydroxylation is 3. The van der Waals surface area contributed by atoms with E-state index in [1.165, 1.54) is 11.3 Å². The molecule has 26 heavy (non-hydrogen) atoms. The van der Waals surface area contributed by atoms with Gasteiger partial charge in [-0.15, -0.1) is 0 Å². The van der Waals surface area contributed by atoms with Crippen molar-refractivity contribution in [2.45, 2.75) is 20.8 Å². The Morgan fingerprint density at radius 3 is 2.54 bits per heavy atom. The third-order valence-electron chi connectivity index (χ3n) is 4.29. The van der Waals surface area contributed by atoms with E-state index in [9.17, 15) is 4.79 Å². The zero-order valence-electron chi connectivity index (χ0n) is 15.2. The van der Waals surface area contributed by atoms with E-state index in [-0.39, 0.29) is 11.6 Å². The highest BCUT2D eigenvalue weighted by molar-refractivity contribution is 7.18. The largest absolute Gasteiger partial charge is 0.495 e. The van der Waals surface area contributed by atoms with Gasteiger partial charge in [0.1, 0.15) is 16.4 Å². The van der Waals surface area contributed by atoms with Crippen molar-refractivity contribution in [3.05, 3.63) is 63.5 Å². The van der Waals surface area contributed by atoms with Crippen molar-refractivity contribution in [1.29, 1.82) is 0 Å². The molecule has 0 bridgehead atoms. The van der Waals surface area contributed by atoms with Crippen molar-refractivity contribution >= 4 is 33.8 Å². The zero-order chi connectivity index (χ0) is 18.8. The number of thiazole rings is 1. The number of nitrogens with two attached hydrogens (primary N) is 1. The molecule has 1 heterocycles. The summed E-state index contributed by atoms with van der Waals surface area (Å²) in [6.07, 6.45) is 0. The normalized spacial score (nSPS) is 10.6. The van der Waals surface area contributed by atoms with Crippen LogP contribution in [0.15, 0.2) is 36.4 Å². The van der Waals surface area contributed by atoms with Gasteiger partial charge in [0.25, 0.3) is 0 Å². The molecule has 0 atom stereocenters. The van der Waals surface area contributed by atoms with Crippen LogP contribution in [0.1, 0.15) is 31.9 Å². The van der Waals surface area contributed by atoms with E-state index in [0.29, 0.717) is 21.3 Å². The second-order valence-corrected chi connectivity index (χ2v) is 7.14. The van der Waals surface area contributed by atoms with Gasteiger partial charge in [-0.3, -0.25) is 4.79 Å². The molecule has 0 saturated carbocycles. The van der Waals surface area contributed by atoms with Crippen LogP contribution in [0.4, 0.5) is 16.6 Å². The number of anilines is 3. The Hall–Kier alpha value is -2.86. The van der Waals surface area contributed by atoms with Crippen LogP contribution in [0.25, 0.3) is 0 Å². The summed E-state index contributed by atoms with van der Waals surface area (Å²) in [5.74, 6) is 0.822. The minimum atomic E-state index is -0.103. The smallest absolute Gasteiger partial charge is 0.207 e. The van der Waals surface area contributed by atoms with E-state index in [0.717, 1.165) is 22.4 Å². The molecule has 0 fully saturated rings. The van der Waals surface area contributed by atoms with Gasteiger partial charge in [0.2, 0.25) is 5.78 Å². The van der Waals surface area contributed by atoms with Crippen molar-refractivity contribution in [1.82, 2.24) is 4.98 Å². The lowest BCUT2D eigenvalue weighted by atomic mass is 9.97. The molecule has 0 radical (unpaired) electrons. The molecule has 6 heteroatoms. The number of nitrogen functional groups attached to an aromatic ring is 1. The van der Waals surface area contributed by atoms with Gasteiger partial charge in [-0.1, -0.05) is 29.5 Å². The fourth-order valence-electron chi connectivity index (χ4n) is 2.74. The number of nitrogens with zero attached hydrogens (tertiary/aromatic N) is 1. The van der Waals surface area contributed by atoms with Crippen molar-refractivity contribution in [3.8, 4) is 5.75 Å². The van der Waals surface area contributed by atoms with E-state index in [1.807, 2.05) is 57.2 Å². The number of ketones is 1. The Balaban J connectivity index is 1.93. The van der Waals surface area contributed by atoms with Crippen LogP contribution < -0.4 is 15.8 Å². The molecule has 5 nitrogen and oxygen atoms in total. The first-order valence-corrected chi connectivity index (χ1v) is 9.01. The van der Waals surface area contributed by atoms with Gasteiger partial charge in [-0.2, -0.15) is 0 Å². The fraction of sp³-hybridized carbons (Fsp3) is 0.200. The molecular weight excluding hydrogens is 346 g/mol. The first-order valence-electron chi connectivity index (χ1n) is 8.19. The van der Waals surface area contributed by atoms with Crippen LogP contribution in [0.2, 0.25) is 0 Å². The summed E-state index contributed by atoms with van der Waals surface area (Å²) in [5.41, 5.74) is 10.6. The minimum absolute atomic E-state index is 0.103. The lowest BCUT2D eigenvalue weighted by molar-refractivity contribution is 0.104. The van der Waals surface area contributed by atoms with Crippen LogP contribution >= 0.6 is 11.3 Å². The number of rotatable bonds is 5. The van der Waals surface area contributed by atoms with E-state index in [2.05, 4.69) is 10.3 Å². The monoisotopic (exact) mass is 367 g/mol. The Kier molecular flexibility index (Phi) is 4.95. The third-order valence-corrected chi connectivity index (χ3v) is 5.28. The van der Waals surface area contributed by atoms with Gasteiger partial charge in [-0.25, -0.2) is 4.98 Å². The molecule has 0 aliphatic carbocycles. The van der Waals surface area contributed by atoms with E-state index in [4.69, 9.17) is 10.5 Å². The van der Waals surface area contributed by atoms with E-state index < -0.39 is 0 Å². The summed E-state index contributed by atoms with van der Waals surface area (Å²) in [5, 5.41) is 3.73. The number of hydrogen-bond acceptors (Lipinski definition) is 6.